The Hall–Kier alpha value is -1.09. The molecule has 1 atom stereocenters. The fraction of sp³-hybridized carbons (Fsp3) is 0.647. The molecule has 20 heavy (non-hydrogen) atoms. The van der Waals surface area contributed by atoms with Crippen LogP contribution in [0.25, 0.3) is 0 Å². The normalized spacial score (nSPS) is 17.4. The SMILES string of the molecule is COc1ccc(C(C)NCCCC2CCCC2)cc1F. The van der Waals surface area contributed by atoms with Gasteiger partial charge in [-0.3, -0.25) is 0 Å². The fourth-order valence-corrected chi connectivity index (χ4v) is 3.08. The molecule has 1 unspecified atom stereocenters. The second-order valence-electron chi connectivity index (χ2n) is 5.86. The number of methoxy groups -OCH3 is 1. The van der Waals surface area contributed by atoms with Crippen molar-refractivity contribution in [2.45, 2.75) is 51.5 Å². The van der Waals surface area contributed by atoms with Crippen molar-refractivity contribution >= 4 is 0 Å². The number of rotatable bonds is 7. The largest absolute Gasteiger partial charge is 0.494 e. The highest BCUT2D eigenvalue weighted by atomic mass is 19.1. The van der Waals surface area contributed by atoms with Crippen LogP contribution in [0.15, 0.2) is 18.2 Å². The van der Waals surface area contributed by atoms with Crippen molar-refractivity contribution in [2.24, 2.45) is 5.92 Å². The highest BCUT2D eigenvalue weighted by Gasteiger charge is 2.14. The van der Waals surface area contributed by atoms with Gasteiger partial charge in [0, 0.05) is 6.04 Å². The first-order valence-electron chi connectivity index (χ1n) is 7.77. The van der Waals surface area contributed by atoms with Crippen molar-refractivity contribution in [1.82, 2.24) is 5.32 Å². The van der Waals surface area contributed by atoms with Crippen LogP contribution in [-0.2, 0) is 0 Å². The summed E-state index contributed by atoms with van der Waals surface area (Å²) in [5.74, 6) is 0.970. The summed E-state index contributed by atoms with van der Waals surface area (Å²) in [6, 6.07) is 5.37. The van der Waals surface area contributed by atoms with Gasteiger partial charge in [0.1, 0.15) is 0 Å². The van der Waals surface area contributed by atoms with Gasteiger partial charge in [-0.15, -0.1) is 0 Å². The number of nitrogens with one attached hydrogen (secondary N) is 1. The van der Waals surface area contributed by atoms with E-state index < -0.39 is 0 Å². The first kappa shape index (κ1) is 15.3. The molecule has 0 heterocycles. The van der Waals surface area contributed by atoms with Gasteiger partial charge < -0.3 is 10.1 Å². The van der Waals surface area contributed by atoms with E-state index >= 15 is 0 Å². The topological polar surface area (TPSA) is 21.3 Å². The molecule has 0 aliphatic heterocycles. The van der Waals surface area contributed by atoms with E-state index in [4.69, 9.17) is 4.74 Å². The van der Waals surface area contributed by atoms with Gasteiger partial charge in [-0.2, -0.15) is 0 Å². The molecule has 1 aromatic rings. The van der Waals surface area contributed by atoms with E-state index in [1.165, 1.54) is 45.6 Å². The fourth-order valence-electron chi connectivity index (χ4n) is 3.08. The van der Waals surface area contributed by atoms with Crippen LogP contribution in [0.1, 0.15) is 57.1 Å². The molecule has 3 heteroatoms. The summed E-state index contributed by atoms with van der Waals surface area (Å²) in [5.41, 5.74) is 0.976. The van der Waals surface area contributed by atoms with E-state index in [0.717, 1.165) is 18.0 Å². The Kier molecular flexibility index (Phi) is 5.84. The molecule has 0 bridgehead atoms. The average Bonchev–Trinajstić information content (AvgIpc) is 2.96. The maximum absolute atomic E-state index is 13.7. The molecule has 2 rings (SSSR count). The first-order valence-corrected chi connectivity index (χ1v) is 7.77. The Bertz CT molecular complexity index is 415. The molecule has 1 aromatic carbocycles. The Morgan fingerprint density at radius 2 is 2.10 bits per heavy atom. The molecule has 0 amide bonds. The van der Waals surface area contributed by atoms with Gasteiger partial charge in [0.25, 0.3) is 0 Å². The molecule has 0 aromatic heterocycles. The summed E-state index contributed by atoms with van der Waals surface area (Å²) in [5, 5.41) is 3.48. The number of halogens is 1. The zero-order valence-electron chi connectivity index (χ0n) is 12.6. The van der Waals surface area contributed by atoms with Gasteiger partial charge in [0.05, 0.1) is 7.11 Å². The number of hydrogen-bond donors (Lipinski definition) is 1. The molecule has 1 saturated carbocycles. The van der Waals surface area contributed by atoms with Crippen LogP contribution >= 0.6 is 0 Å². The van der Waals surface area contributed by atoms with Crippen LogP contribution in [0.3, 0.4) is 0 Å². The third kappa shape index (κ3) is 4.20. The van der Waals surface area contributed by atoms with Crippen LogP contribution in [0, 0.1) is 11.7 Å². The van der Waals surface area contributed by atoms with Crippen LogP contribution in [0.4, 0.5) is 4.39 Å². The molecule has 1 fully saturated rings. The second-order valence-corrected chi connectivity index (χ2v) is 5.86. The Morgan fingerprint density at radius 3 is 2.75 bits per heavy atom. The lowest BCUT2D eigenvalue weighted by atomic mass is 10.0. The zero-order chi connectivity index (χ0) is 14.4. The highest BCUT2D eigenvalue weighted by Crippen LogP contribution is 2.28. The van der Waals surface area contributed by atoms with Crippen LogP contribution in [0.2, 0.25) is 0 Å². The maximum atomic E-state index is 13.7. The Morgan fingerprint density at radius 1 is 1.35 bits per heavy atom. The molecular formula is C17H26FNO. The monoisotopic (exact) mass is 279 g/mol. The zero-order valence-corrected chi connectivity index (χ0v) is 12.6. The summed E-state index contributed by atoms with van der Waals surface area (Å²) < 4.78 is 18.6. The summed E-state index contributed by atoms with van der Waals surface area (Å²) in [6.07, 6.45) is 8.21. The lowest BCUT2D eigenvalue weighted by Gasteiger charge is -2.16. The van der Waals surface area contributed by atoms with Crippen LogP contribution in [-0.4, -0.2) is 13.7 Å². The highest BCUT2D eigenvalue weighted by molar-refractivity contribution is 5.30. The molecule has 2 nitrogen and oxygen atoms in total. The van der Waals surface area contributed by atoms with Crippen molar-refractivity contribution in [3.63, 3.8) is 0 Å². The maximum Gasteiger partial charge on any atom is 0.165 e. The van der Waals surface area contributed by atoms with E-state index in [2.05, 4.69) is 12.2 Å². The molecule has 0 saturated heterocycles. The molecule has 1 aliphatic carbocycles. The minimum atomic E-state index is -0.287. The van der Waals surface area contributed by atoms with Crippen molar-refractivity contribution in [3.8, 4) is 5.75 Å². The van der Waals surface area contributed by atoms with Gasteiger partial charge in [-0.25, -0.2) is 4.39 Å². The van der Waals surface area contributed by atoms with Crippen molar-refractivity contribution < 1.29 is 9.13 Å². The average molecular weight is 279 g/mol. The summed E-state index contributed by atoms with van der Waals surface area (Å²) in [6.45, 7) is 3.09. The Balaban J connectivity index is 1.73. The van der Waals surface area contributed by atoms with Crippen molar-refractivity contribution in [2.75, 3.05) is 13.7 Å². The minimum absolute atomic E-state index is 0.180. The third-order valence-electron chi connectivity index (χ3n) is 4.39. The third-order valence-corrected chi connectivity index (χ3v) is 4.39. The summed E-state index contributed by atoms with van der Waals surface area (Å²) in [4.78, 5) is 0. The number of hydrogen-bond acceptors (Lipinski definition) is 2. The smallest absolute Gasteiger partial charge is 0.165 e. The molecule has 0 radical (unpaired) electrons. The number of benzene rings is 1. The van der Waals surface area contributed by atoms with E-state index in [9.17, 15) is 4.39 Å². The molecule has 1 aliphatic rings. The predicted octanol–water partition coefficient (Wildman–Crippen LogP) is 4.46. The van der Waals surface area contributed by atoms with E-state index in [-0.39, 0.29) is 11.9 Å². The standard InChI is InChI=1S/C17H26FNO/c1-13(15-9-10-17(20-2)16(18)12-15)19-11-5-8-14-6-3-4-7-14/h9-10,12-14,19H,3-8,11H2,1-2H3. The summed E-state index contributed by atoms with van der Waals surface area (Å²) in [7, 11) is 1.49. The van der Waals surface area contributed by atoms with Crippen LogP contribution in [0.5, 0.6) is 5.75 Å². The molecular weight excluding hydrogens is 253 g/mol. The van der Waals surface area contributed by atoms with Gasteiger partial charge in [-0.05, 0) is 49.9 Å². The summed E-state index contributed by atoms with van der Waals surface area (Å²) >= 11 is 0. The first-order chi connectivity index (χ1) is 9.70. The lowest BCUT2D eigenvalue weighted by molar-refractivity contribution is 0.385. The molecule has 112 valence electrons. The van der Waals surface area contributed by atoms with E-state index in [1.54, 1.807) is 12.1 Å². The Labute approximate surface area is 121 Å². The van der Waals surface area contributed by atoms with Gasteiger partial charge in [0.2, 0.25) is 0 Å². The molecule has 0 spiro atoms. The van der Waals surface area contributed by atoms with Gasteiger partial charge >= 0.3 is 0 Å². The number of ether oxygens (including phenoxy) is 1. The van der Waals surface area contributed by atoms with Crippen molar-refractivity contribution in [1.29, 1.82) is 0 Å². The predicted molar refractivity (Wildman–Crippen MR) is 80.6 cm³/mol. The molecule has 1 N–H and O–H groups in total. The van der Waals surface area contributed by atoms with Gasteiger partial charge in [-0.1, -0.05) is 31.7 Å². The quantitative estimate of drug-likeness (QED) is 0.744. The van der Waals surface area contributed by atoms with Crippen molar-refractivity contribution in [3.05, 3.63) is 29.6 Å². The lowest BCUT2D eigenvalue weighted by Crippen LogP contribution is -2.20. The van der Waals surface area contributed by atoms with E-state index in [1.807, 2.05) is 6.07 Å². The minimum Gasteiger partial charge on any atom is -0.494 e. The van der Waals surface area contributed by atoms with Crippen LogP contribution < -0.4 is 10.1 Å². The van der Waals surface area contributed by atoms with E-state index in [0.29, 0.717) is 5.75 Å². The second kappa shape index (κ2) is 7.63. The van der Waals surface area contributed by atoms with Gasteiger partial charge in [0.15, 0.2) is 11.6 Å².